The molecule has 0 aliphatic heterocycles. The van der Waals surface area contributed by atoms with Crippen LogP contribution in [0.15, 0.2) is 192 Å². The topological polar surface area (TPSA) is 482 Å². The van der Waals surface area contributed by atoms with Crippen molar-refractivity contribution in [2.24, 2.45) is 15.6 Å². The third-order valence-corrected chi connectivity index (χ3v) is 22.9. The highest BCUT2D eigenvalue weighted by molar-refractivity contribution is 7.83. The Kier molecular flexibility index (Phi) is 56.0. The number of carbonyl (C=O) groups is 4. The molecule has 810 valence electrons. The van der Waals surface area contributed by atoms with E-state index in [1.54, 1.807) is 98.8 Å². The Morgan fingerprint density at radius 3 is 0.896 bits per heavy atom. The van der Waals surface area contributed by atoms with Crippen LogP contribution in [0, 0.1) is 28.1 Å². The molecule has 0 saturated heterocycles. The molecule has 1 unspecified atom stereocenters. The smallest absolute Gasteiger partial charge is 0.386 e. The van der Waals surface area contributed by atoms with Crippen molar-refractivity contribution in [3.05, 3.63) is 215 Å². The minimum atomic E-state index is -5.31. The maximum atomic E-state index is 13.6. The molecule has 0 amide bonds. The molecule has 36 nitrogen and oxygen atoms in total. The molecule has 144 heavy (non-hydrogen) atoms. The SMILES string of the molecule is CC(C)(C)OOC(=O)c1ccccc1.CC(C)(C)OOC(C)(C)C.CC(C)(C)OOC1(OOC(C)(C)C)CCCCC1.CC(C)(OO)c1ccccc1.CC(C)(OOC(C)(C)c1ccccc1)c1ccccc1.CCOP(=O)(OCC)C(N(OC(C)(C)C(=O)O)C(C)(C)C)C(C)(C)C.N#CC1(N=NC2(C#N)CCCCC2)CCCCC1.O=C(OOC(=O)c1ccccc1)c1ccccc1.O=S(=O)([O-])OOS(=O)(=O)[O-]. The Morgan fingerprint density at radius 2 is 0.660 bits per heavy atom. The molecule has 9 rings (SSSR count). The van der Waals surface area contributed by atoms with Crippen molar-refractivity contribution in [1.29, 1.82) is 10.5 Å². The molecule has 0 aromatic heterocycles. The minimum absolute atomic E-state index is 0.212. The average Bonchev–Trinajstić information content (AvgIpc) is 0.756. The molecule has 3 aliphatic rings. The van der Waals surface area contributed by atoms with Gasteiger partial charge in [0.15, 0.2) is 16.7 Å². The molecule has 3 saturated carbocycles. The number of benzene rings is 6. The number of carboxylic acids is 1. The second-order valence-corrected chi connectivity index (χ2v) is 46.8. The largest absolute Gasteiger partial charge is 0.724 e. The van der Waals surface area contributed by atoms with Gasteiger partial charge in [0.1, 0.15) is 28.2 Å². The average molecular weight is 2080 g/mol. The lowest BCUT2D eigenvalue weighted by atomic mass is 9.82. The molecule has 0 bridgehead atoms. The van der Waals surface area contributed by atoms with Crippen molar-refractivity contribution in [3.63, 3.8) is 0 Å². The van der Waals surface area contributed by atoms with Crippen molar-refractivity contribution >= 4 is 52.3 Å². The first-order valence-corrected chi connectivity index (χ1v) is 52.0. The zero-order chi connectivity index (χ0) is 110. The fraction of sp³-hybridized carbons (Fsp3) is 0.600. The maximum Gasteiger partial charge on any atom is 0.386 e. The normalized spacial score (nSPS) is 15.4. The van der Waals surface area contributed by atoms with E-state index in [0.717, 1.165) is 93.7 Å². The Bertz CT molecular complexity index is 4860. The van der Waals surface area contributed by atoms with Gasteiger partial charge in [-0.05, 0) is 317 Å². The third kappa shape index (κ3) is 56.9. The van der Waals surface area contributed by atoms with Gasteiger partial charge in [-0.15, -0.1) is 8.67 Å². The number of hydroxylamine groups is 2. The van der Waals surface area contributed by atoms with Gasteiger partial charge in [-0.1, -0.05) is 186 Å². The zero-order valence-corrected chi connectivity index (χ0v) is 92.7. The van der Waals surface area contributed by atoms with Gasteiger partial charge in [-0.3, -0.25) is 19.5 Å². The van der Waals surface area contributed by atoms with E-state index >= 15 is 0 Å². The second-order valence-electron chi connectivity index (χ2n) is 42.8. The van der Waals surface area contributed by atoms with Gasteiger partial charge in [-0.2, -0.15) is 40.5 Å². The Balaban J connectivity index is 0.000000821. The number of hydrogen-bond donors (Lipinski definition) is 2. The highest BCUT2D eigenvalue weighted by Crippen LogP contribution is 2.61. The standard InChI is InChI=1S/C18H22O2.C17H36NO6P.C14H20N4.C14H10O4.C14H28O4.C11H14O3.C9H12O2.C8H18O2.H2O8S2/c1-17(2,15-11-7-5-8-12-15)19-20-18(3,4)16-13-9-6-10-14-16;1-11-22-25(21,23-12-2)13(15(3,4)5)18(16(6,7)8)24-17(9,10)14(19)20;15-11-13(7-3-1-4-8-13)17-18-14(12-16)9-5-2-6-10-14;15-13(11-7-3-1-4-8-11)17-18-14(16)12-9-5-2-6-10-12;1-12(2,3)15-17-14(10-8-7-9-11-14)18-16-13(4,5)6;1-11(2,3)14-13-10(12)9-7-5-4-6-8-9;1-9(2,11-10)8-6-4-3-5-7-8;1-7(2,3)9-10-8(4,5)6;1-9(2,3)7-8-10(4,5)6/h5-14H,1-4H3;13H,11-12H2,1-10H3,(H,19,20);1-10H2;1-10H;7-11H2,1-6H3;4-8H,1-3H3;3-7,10H,1-2H3;1-6H3;(H,1,2,3)(H,4,5,6)/p-2. The van der Waals surface area contributed by atoms with Crippen LogP contribution in [0.1, 0.15) is 359 Å². The molecule has 6 aromatic rings. The number of azo groups is 1. The number of aliphatic carboxylic acids is 1. The molecule has 0 heterocycles. The number of rotatable bonds is 30. The van der Waals surface area contributed by atoms with E-state index in [1.807, 2.05) is 284 Å². The van der Waals surface area contributed by atoms with Gasteiger partial charge in [0.25, 0.3) is 0 Å². The Labute approximate surface area is 855 Å². The van der Waals surface area contributed by atoms with E-state index in [-0.39, 0.29) is 35.6 Å². The van der Waals surface area contributed by atoms with E-state index in [2.05, 4.69) is 50.6 Å². The van der Waals surface area contributed by atoms with Crippen LogP contribution in [0.2, 0.25) is 0 Å². The molecule has 3 fully saturated rings. The van der Waals surface area contributed by atoms with Crippen LogP contribution in [0.5, 0.6) is 0 Å². The van der Waals surface area contributed by atoms with Crippen LogP contribution in [0.25, 0.3) is 0 Å². The first kappa shape index (κ1) is 133. The first-order valence-electron chi connectivity index (χ1n) is 47.8. The van der Waals surface area contributed by atoms with Crippen LogP contribution in [-0.2, 0) is 133 Å². The van der Waals surface area contributed by atoms with E-state index in [4.69, 9.17) is 63.1 Å². The fourth-order valence-electron chi connectivity index (χ4n) is 12.2. The van der Waals surface area contributed by atoms with Gasteiger partial charge in [0, 0.05) is 18.4 Å². The molecule has 1 atom stereocenters. The van der Waals surface area contributed by atoms with Crippen LogP contribution in [0.3, 0.4) is 0 Å². The van der Waals surface area contributed by atoms with Crippen molar-refractivity contribution in [2.75, 3.05) is 13.2 Å². The van der Waals surface area contributed by atoms with Crippen molar-refractivity contribution < 1.29 is 146 Å². The summed E-state index contributed by atoms with van der Waals surface area (Å²) in [7, 11) is -14.2. The van der Waals surface area contributed by atoms with Gasteiger partial charge >= 0.3 is 31.5 Å². The molecule has 0 radical (unpaired) electrons. The van der Waals surface area contributed by atoms with E-state index in [0.29, 0.717) is 16.7 Å². The van der Waals surface area contributed by atoms with Crippen molar-refractivity contribution in [1.82, 2.24) is 5.06 Å². The van der Waals surface area contributed by atoms with Crippen LogP contribution in [0.4, 0.5) is 0 Å². The van der Waals surface area contributed by atoms with Crippen LogP contribution < -0.4 is 0 Å². The minimum Gasteiger partial charge on any atom is -0.724 e. The summed E-state index contributed by atoms with van der Waals surface area (Å²) in [5.41, 5.74) is -2.95. The predicted molar refractivity (Wildman–Crippen MR) is 540 cm³/mol. The van der Waals surface area contributed by atoms with Gasteiger partial charge in [-0.25, -0.2) is 80.0 Å². The lowest BCUT2D eigenvalue weighted by molar-refractivity contribution is -0.545. The lowest BCUT2D eigenvalue weighted by Gasteiger charge is -2.49. The number of nitrogens with zero attached hydrogens (tertiary/aromatic N) is 5. The number of carboxylic acid groups (broad SMARTS) is 1. The highest BCUT2D eigenvalue weighted by atomic mass is 32.3. The quantitative estimate of drug-likeness (QED) is 0.00804. The Morgan fingerprint density at radius 1 is 0.396 bits per heavy atom. The molecular weight excluding hydrogens is 1920 g/mol. The van der Waals surface area contributed by atoms with Crippen LogP contribution in [-0.4, -0.2) is 140 Å². The predicted octanol–water partition coefficient (Wildman–Crippen LogP) is 25.3. The summed E-state index contributed by atoms with van der Waals surface area (Å²) in [5.74, 6) is -4.55. The number of carbonyl (C=O) groups excluding carboxylic acids is 3. The molecule has 0 spiro atoms. The summed E-state index contributed by atoms with van der Waals surface area (Å²) in [6.45, 7) is 58.7. The zero-order valence-electron chi connectivity index (χ0n) is 90.2. The van der Waals surface area contributed by atoms with E-state index < -0.39 is 114 Å². The Hall–Kier alpha value is -8.85. The first-order chi connectivity index (χ1) is 66.1. The molecular formula is C105H160N5O31PS2-2. The molecule has 6 aromatic carbocycles. The fourth-order valence-corrected chi connectivity index (χ4v) is 15.5. The summed E-state index contributed by atoms with van der Waals surface area (Å²) in [4.78, 5) is 118. The van der Waals surface area contributed by atoms with Crippen LogP contribution >= 0.6 is 7.60 Å². The molecule has 2 N–H and O–H groups in total. The maximum absolute atomic E-state index is 13.6. The number of nitriles is 2. The summed E-state index contributed by atoms with van der Waals surface area (Å²) < 4.78 is 86.2. The number of hydrogen-bond acceptors (Lipinski definition) is 35. The van der Waals surface area contributed by atoms with Gasteiger partial charge in [0.05, 0.1) is 64.4 Å². The molecule has 3 aliphatic carbocycles. The van der Waals surface area contributed by atoms with E-state index in [9.17, 15) is 65.3 Å². The second kappa shape index (κ2) is 60.6. The summed E-state index contributed by atoms with van der Waals surface area (Å²) in [6.07, 6.45) is 14.7. The molecule has 39 heteroatoms. The summed E-state index contributed by atoms with van der Waals surface area (Å²) in [6, 6.07) is 59.7. The van der Waals surface area contributed by atoms with E-state index in [1.165, 1.54) is 38.2 Å². The van der Waals surface area contributed by atoms with Crippen molar-refractivity contribution in [2.45, 2.75) is 390 Å². The highest BCUT2D eigenvalue weighted by Gasteiger charge is 2.54. The monoisotopic (exact) mass is 2080 g/mol. The third-order valence-electron chi connectivity index (χ3n) is 19.5. The van der Waals surface area contributed by atoms with Gasteiger partial charge in [0.2, 0.25) is 26.6 Å². The summed E-state index contributed by atoms with van der Waals surface area (Å²) in [5, 5.41) is 46.9. The van der Waals surface area contributed by atoms with Gasteiger partial charge < -0.3 is 23.3 Å². The van der Waals surface area contributed by atoms with Crippen molar-refractivity contribution in [3.8, 4) is 12.1 Å². The lowest BCUT2D eigenvalue weighted by Crippen LogP contribution is -2.57. The summed E-state index contributed by atoms with van der Waals surface area (Å²) >= 11 is 0.